The summed E-state index contributed by atoms with van der Waals surface area (Å²) in [4.78, 5) is 22.2. The molecule has 0 amide bonds. The van der Waals surface area contributed by atoms with E-state index in [-0.39, 0.29) is 5.56 Å². The number of aryl methyl sites for hydroxylation is 3. The Bertz CT molecular complexity index is 1190. The van der Waals surface area contributed by atoms with E-state index in [1.54, 1.807) is 10.8 Å². The van der Waals surface area contributed by atoms with Crippen molar-refractivity contribution in [3.05, 3.63) is 82.3 Å². The van der Waals surface area contributed by atoms with Gasteiger partial charge in [0.15, 0.2) is 0 Å². The Labute approximate surface area is 163 Å². The van der Waals surface area contributed by atoms with E-state index in [1.807, 2.05) is 69.3 Å². The van der Waals surface area contributed by atoms with Crippen LogP contribution >= 0.6 is 0 Å². The van der Waals surface area contributed by atoms with Crippen LogP contribution in [-0.2, 0) is 6.54 Å². The van der Waals surface area contributed by atoms with Gasteiger partial charge in [-0.2, -0.15) is 4.98 Å². The molecule has 0 saturated carbocycles. The van der Waals surface area contributed by atoms with Gasteiger partial charge >= 0.3 is 0 Å². The van der Waals surface area contributed by atoms with Crippen LogP contribution in [0.5, 0.6) is 0 Å². The van der Waals surface area contributed by atoms with Gasteiger partial charge in [0.2, 0.25) is 5.95 Å². The molecule has 0 unspecified atom stereocenters. The van der Waals surface area contributed by atoms with Crippen LogP contribution < -0.4 is 10.9 Å². The molecule has 0 saturated heterocycles. The summed E-state index contributed by atoms with van der Waals surface area (Å²) in [5.41, 5.74) is 5.37. The molecule has 2 heterocycles. The smallest absolute Gasteiger partial charge is 0.260 e. The first-order valence-electron chi connectivity index (χ1n) is 9.36. The molecule has 140 valence electrons. The highest BCUT2D eigenvalue weighted by Crippen LogP contribution is 2.23. The number of hydrogen-bond acceptors (Lipinski definition) is 4. The van der Waals surface area contributed by atoms with E-state index in [4.69, 9.17) is 0 Å². The van der Waals surface area contributed by atoms with Crippen molar-refractivity contribution in [1.82, 2.24) is 14.5 Å². The molecule has 0 aliphatic rings. The van der Waals surface area contributed by atoms with Crippen molar-refractivity contribution < 1.29 is 0 Å². The third-order valence-corrected chi connectivity index (χ3v) is 4.71. The molecule has 28 heavy (non-hydrogen) atoms. The molecule has 5 heteroatoms. The number of nitrogens with one attached hydrogen (secondary N) is 1. The lowest BCUT2D eigenvalue weighted by molar-refractivity contribution is 0.751. The van der Waals surface area contributed by atoms with Crippen LogP contribution in [0, 0.1) is 13.8 Å². The maximum absolute atomic E-state index is 13.2. The van der Waals surface area contributed by atoms with Crippen molar-refractivity contribution in [2.45, 2.75) is 27.3 Å². The van der Waals surface area contributed by atoms with Gasteiger partial charge in [0, 0.05) is 29.4 Å². The standard InChI is InChI=1S/C23H22N4O/c1-4-27-21-18(14-24-23(26-21)25-19-8-6-5-7-9-19)13-20(22(27)28)17-11-15(2)10-16(3)12-17/h5-14H,4H2,1-3H3,(H,24,25,26). The molecule has 2 aromatic carbocycles. The minimum absolute atomic E-state index is 0.0376. The van der Waals surface area contributed by atoms with Gasteiger partial charge in [-0.15, -0.1) is 0 Å². The normalized spacial score (nSPS) is 11.0. The Hall–Kier alpha value is -3.47. The molecule has 5 nitrogen and oxygen atoms in total. The summed E-state index contributed by atoms with van der Waals surface area (Å²) in [6.45, 7) is 6.58. The van der Waals surface area contributed by atoms with Gasteiger partial charge in [-0.25, -0.2) is 4.98 Å². The van der Waals surface area contributed by atoms with Crippen LogP contribution in [0.1, 0.15) is 18.1 Å². The highest BCUT2D eigenvalue weighted by atomic mass is 16.1. The average Bonchev–Trinajstić information content (AvgIpc) is 2.67. The van der Waals surface area contributed by atoms with Crippen molar-refractivity contribution in [2.24, 2.45) is 0 Å². The maximum atomic E-state index is 13.2. The fourth-order valence-electron chi connectivity index (χ4n) is 3.50. The van der Waals surface area contributed by atoms with E-state index in [2.05, 4.69) is 21.4 Å². The summed E-state index contributed by atoms with van der Waals surface area (Å²) in [6.07, 6.45) is 1.77. The van der Waals surface area contributed by atoms with Crippen LogP contribution in [-0.4, -0.2) is 14.5 Å². The van der Waals surface area contributed by atoms with Gasteiger partial charge < -0.3 is 5.32 Å². The summed E-state index contributed by atoms with van der Waals surface area (Å²) in [6, 6.07) is 17.8. The summed E-state index contributed by atoms with van der Waals surface area (Å²) in [7, 11) is 0. The molecule has 0 aliphatic heterocycles. The number of fused-ring (bicyclic) bond motifs is 1. The average molecular weight is 370 g/mol. The molecular weight excluding hydrogens is 348 g/mol. The second kappa shape index (κ2) is 7.27. The first kappa shape index (κ1) is 17.9. The molecule has 0 fully saturated rings. The molecule has 0 bridgehead atoms. The molecule has 4 aromatic rings. The third-order valence-electron chi connectivity index (χ3n) is 4.71. The summed E-state index contributed by atoms with van der Waals surface area (Å²) >= 11 is 0. The van der Waals surface area contributed by atoms with Crippen molar-refractivity contribution in [1.29, 1.82) is 0 Å². The quantitative estimate of drug-likeness (QED) is 0.558. The van der Waals surface area contributed by atoms with Crippen LogP contribution in [0.2, 0.25) is 0 Å². The van der Waals surface area contributed by atoms with Crippen LogP contribution in [0.15, 0.2) is 65.6 Å². The highest BCUT2D eigenvalue weighted by Gasteiger charge is 2.13. The van der Waals surface area contributed by atoms with Gasteiger partial charge in [-0.3, -0.25) is 9.36 Å². The molecule has 2 aromatic heterocycles. The second-order valence-electron chi connectivity index (χ2n) is 6.95. The van der Waals surface area contributed by atoms with Gasteiger partial charge in [0.1, 0.15) is 5.65 Å². The van der Waals surface area contributed by atoms with E-state index in [0.717, 1.165) is 27.8 Å². The summed E-state index contributed by atoms with van der Waals surface area (Å²) < 4.78 is 1.71. The predicted molar refractivity (Wildman–Crippen MR) is 114 cm³/mol. The lowest BCUT2D eigenvalue weighted by Gasteiger charge is -2.13. The molecule has 1 N–H and O–H groups in total. The van der Waals surface area contributed by atoms with E-state index in [9.17, 15) is 4.79 Å². The van der Waals surface area contributed by atoms with E-state index in [1.165, 1.54) is 0 Å². The van der Waals surface area contributed by atoms with E-state index in [0.29, 0.717) is 23.7 Å². The van der Waals surface area contributed by atoms with Gasteiger partial charge in [0.25, 0.3) is 5.56 Å². The molecule has 0 spiro atoms. The van der Waals surface area contributed by atoms with Crippen molar-refractivity contribution in [3.63, 3.8) is 0 Å². The van der Waals surface area contributed by atoms with Gasteiger partial charge in [-0.1, -0.05) is 47.5 Å². The first-order chi connectivity index (χ1) is 13.5. The molecule has 4 rings (SSSR count). The second-order valence-corrected chi connectivity index (χ2v) is 6.95. The zero-order valence-corrected chi connectivity index (χ0v) is 16.2. The fourth-order valence-corrected chi connectivity index (χ4v) is 3.50. The third kappa shape index (κ3) is 3.39. The number of nitrogens with zero attached hydrogens (tertiary/aromatic N) is 3. The van der Waals surface area contributed by atoms with E-state index < -0.39 is 0 Å². The van der Waals surface area contributed by atoms with Crippen LogP contribution in [0.3, 0.4) is 0 Å². The zero-order valence-electron chi connectivity index (χ0n) is 16.2. The minimum atomic E-state index is -0.0376. The monoisotopic (exact) mass is 370 g/mol. The number of benzene rings is 2. The van der Waals surface area contributed by atoms with Crippen molar-refractivity contribution in [2.75, 3.05) is 5.32 Å². The number of rotatable bonds is 4. The van der Waals surface area contributed by atoms with Crippen LogP contribution in [0.25, 0.3) is 22.2 Å². The Morgan fingerprint density at radius 2 is 1.71 bits per heavy atom. The number of para-hydroxylation sites is 1. The molecule has 0 atom stereocenters. The number of aromatic nitrogens is 3. The number of hydrogen-bond donors (Lipinski definition) is 1. The number of anilines is 2. The summed E-state index contributed by atoms with van der Waals surface area (Å²) in [5.74, 6) is 0.472. The van der Waals surface area contributed by atoms with Crippen molar-refractivity contribution >= 4 is 22.7 Å². The first-order valence-corrected chi connectivity index (χ1v) is 9.36. The highest BCUT2D eigenvalue weighted by molar-refractivity contribution is 5.82. The Morgan fingerprint density at radius 3 is 2.39 bits per heavy atom. The maximum Gasteiger partial charge on any atom is 0.260 e. The largest absolute Gasteiger partial charge is 0.324 e. The van der Waals surface area contributed by atoms with Crippen LogP contribution in [0.4, 0.5) is 11.6 Å². The predicted octanol–water partition coefficient (Wildman–Crippen LogP) is 4.84. The lowest BCUT2D eigenvalue weighted by Crippen LogP contribution is -2.22. The zero-order chi connectivity index (χ0) is 19.7. The Balaban J connectivity index is 1.86. The van der Waals surface area contributed by atoms with Gasteiger partial charge in [-0.05, 0) is 44.5 Å². The molecule has 0 radical (unpaired) electrons. The lowest BCUT2D eigenvalue weighted by atomic mass is 10.0. The van der Waals surface area contributed by atoms with Crippen molar-refractivity contribution in [3.8, 4) is 11.1 Å². The van der Waals surface area contributed by atoms with Gasteiger partial charge in [0.05, 0.1) is 0 Å². The minimum Gasteiger partial charge on any atom is -0.324 e. The summed E-state index contributed by atoms with van der Waals surface area (Å²) in [5, 5.41) is 4.03. The Kier molecular flexibility index (Phi) is 4.65. The topological polar surface area (TPSA) is 59.8 Å². The number of pyridine rings is 1. The SMILES string of the molecule is CCn1c(=O)c(-c2cc(C)cc(C)c2)cc2cnc(Nc3ccccc3)nc21. The Morgan fingerprint density at radius 1 is 1.00 bits per heavy atom. The molecular formula is C23H22N4O. The fraction of sp³-hybridized carbons (Fsp3) is 0.174. The molecule has 0 aliphatic carbocycles. The van der Waals surface area contributed by atoms with E-state index >= 15 is 0 Å².